The van der Waals surface area contributed by atoms with E-state index in [-0.39, 0.29) is 0 Å². The van der Waals surface area contributed by atoms with Crippen molar-refractivity contribution in [2.45, 2.75) is 11.8 Å². The third-order valence-corrected chi connectivity index (χ3v) is 2.49. The summed E-state index contributed by atoms with van der Waals surface area (Å²) in [7, 11) is 0. The Balaban J connectivity index is 2.69. The lowest BCUT2D eigenvalue weighted by Gasteiger charge is -2.04. The second-order valence-electron chi connectivity index (χ2n) is 2.87. The topological polar surface area (TPSA) is 25.8 Å². The molecule has 0 fully saturated rings. The first-order valence-electron chi connectivity index (χ1n) is 4.21. The molecule has 2 nitrogen and oxygen atoms in total. The Bertz CT molecular complexity index is 414. The molecule has 1 aromatic heterocycles. The summed E-state index contributed by atoms with van der Waals surface area (Å²) in [6.45, 7) is 0. The number of rotatable bonds is 2. The van der Waals surface area contributed by atoms with Crippen LogP contribution in [0, 0.1) is 0 Å². The van der Waals surface area contributed by atoms with Gasteiger partial charge in [-0.05, 0) is 12.1 Å². The van der Waals surface area contributed by atoms with Crippen LogP contribution in [0.4, 0.5) is 0 Å². The lowest BCUT2D eigenvalue weighted by atomic mass is 10.2. The summed E-state index contributed by atoms with van der Waals surface area (Å²) in [6.07, 6.45) is 0. The molecule has 4 heteroatoms. The SMILES string of the molecule is ClCc1nc2ccccc2nc1CCl. The van der Waals surface area contributed by atoms with Gasteiger partial charge in [0, 0.05) is 0 Å². The van der Waals surface area contributed by atoms with Gasteiger partial charge in [0.2, 0.25) is 0 Å². The molecule has 0 radical (unpaired) electrons. The zero-order chi connectivity index (χ0) is 9.97. The van der Waals surface area contributed by atoms with Crippen LogP contribution in [0.3, 0.4) is 0 Å². The number of benzene rings is 1. The van der Waals surface area contributed by atoms with E-state index in [1.807, 2.05) is 24.3 Å². The first-order valence-corrected chi connectivity index (χ1v) is 5.28. The van der Waals surface area contributed by atoms with Crippen LogP contribution in [0.2, 0.25) is 0 Å². The molecule has 0 aliphatic heterocycles. The van der Waals surface area contributed by atoms with Crippen molar-refractivity contribution in [3.8, 4) is 0 Å². The van der Waals surface area contributed by atoms with Gasteiger partial charge < -0.3 is 0 Å². The summed E-state index contributed by atoms with van der Waals surface area (Å²) in [5, 5.41) is 0. The summed E-state index contributed by atoms with van der Waals surface area (Å²) in [6, 6.07) is 7.68. The largest absolute Gasteiger partial charge is 0.248 e. The quantitative estimate of drug-likeness (QED) is 0.736. The number of hydrogen-bond donors (Lipinski definition) is 0. The zero-order valence-electron chi connectivity index (χ0n) is 7.37. The van der Waals surface area contributed by atoms with E-state index in [1.54, 1.807) is 0 Å². The van der Waals surface area contributed by atoms with Gasteiger partial charge >= 0.3 is 0 Å². The van der Waals surface area contributed by atoms with Crippen LogP contribution in [0.5, 0.6) is 0 Å². The van der Waals surface area contributed by atoms with Gasteiger partial charge in [0.05, 0.1) is 34.2 Å². The highest BCUT2D eigenvalue weighted by molar-refractivity contribution is 6.18. The monoisotopic (exact) mass is 226 g/mol. The number of aromatic nitrogens is 2. The number of nitrogens with zero attached hydrogens (tertiary/aromatic N) is 2. The van der Waals surface area contributed by atoms with Crippen molar-refractivity contribution in [3.63, 3.8) is 0 Å². The predicted molar refractivity (Wildman–Crippen MR) is 58.7 cm³/mol. The van der Waals surface area contributed by atoms with Crippen molar-refractivity contribution in [1.82, 2.24) is 9.97 Å². The second kappa shape index (κ2) is 4.11. The summed E-state index contributed by atoms with van der Waals surface area (Å²) >= 11 is 11.5. The van der Waals surface area contributed by atoms with Gasteiger partial charge in [0.1, 0.15) is 0 Å². The maximum Gasteiger partial charge on any atom is 0.0890 e. The van der Waals surface area contributed by atoms with Gasteiger partial charge in [-0.25, -0.2) is 9.97 Å². The average Bonchev–Trinajstić information content (AvgIpc) is 2.27. The third kappa shape index (κ3) is 1.68. The molecule has 0 spiro atoms. The molecule has 0 aliphatic rings. The van der Waals surface area contributed by atoms with E-state index in [4.69, 9.17) is 23.2 Å². The lowest BCUT2D eigenvalue weighted by molar-refractivity contribution is 1.06. The molecule has 2 aromatic rings. The van der Waals surface area contributed by atoms with Crippen LogP contribution in [0.15, 0.2) is 24.3 Å². The minimum absolute atomic E-state index is 0.347. The molecule has 0 saturated heterocycles. The number of halogens is 2. The van der Waals surface area contributed by atoms with Crippen LogP contribution in [-0.2, 0) is 11.8 Å². The molecule has 1 aromatic carbocycles. The highest BCUT2D eigenvalue weighted by Crippen LogP contribution is 2.15. The van der Waals surface area contributed by atoms with Crippen molar-refractivity contribution in [3.05, 3.63) is 35.7 Å². The van der Waals surface area contributed by atoms with E-state index in [9.17, 15) is 0 Å². The molecule has 0 N–H and O–H groups in total. The van der Waals surface area contributed by atoms with Crippen molar-refractivity contribution < 1.29 is 0 Å². The summed E-state index contributed by atoms with van der Waals surface area (Å²) in [5.74, 6) is 0.694. The molecular formula is C10H8Cl2N2. The summed E-state index contributed by atoms with van der Waals surface area (Å²) in [4.78, 5) is 8.77. The van der Waals surface area contributed by atoms with Crippen LogP contribution in [-0.4, -0.2) is 9.97 Å². The molecule has 0 aliphatic carbocycles. The minimum Gasteiger partial charge on any atom is -0.248 e. The molecule has 0 amide bonds. The normalized spacial score (nSPS) is 10.7. The molecule has 72 valence electrons. The fraction of sp³-hybridized carbons (Fsp3) is 0.200. The maximum absolute atomic E-state index is 5.75. The molecule has 14 heavy (non-hydrogen) atoms. The van der Waals surface area contributed by atoms with Gasteiger partial charge in [-0.1, -0.05) is 12.1 Å². The van der Waals surface area contributed by atoms with E-state index < -0.39 is 0 Å². The van der Waals surface area contributed by atoms with Crippen LogP contribution in [0.25, 0.3) is 11.0 Å². The number of para-hydroxylation sites is 2. The Labute approximate surface area is 91.9 Å². The van der Waals surface area contributed by atoms with Crippen LogP contribution < -0.4 is 0 Å². The Morgan fingerprint density at radius 2 is 1.29 bits per heavy atom. The van der Waals surface area contributed by atoms with Gasteiger partial charge in [-0.3, -0.25) is 0 Å². The van der Waals surface area contributed by atoms with Crippen LogP contribution in [0.1, 0.15) is 11.4 Å². The number of fused-ring (bicyclic) bond motifs is 1. The molecule has 1 heterocycles. The Morgan fingerprint density at radius 3 is 1.64 bits per heavy atom. The molecule has 2 rings (SSSR count). The van der Waals surface area contributed by atoms with Gasteiger partial charge in [-0.15, -0.1) is 23.2 Å². The van der Waals surface area contributed by atoms with Crippen LogP contribution >= 0.6 is 23.2 Å². The van der Waals surface area contributed by atoms with E-state index in [0.29, 0.717) is 11.8 Å². The maximum atomic E-state index is 5.75. The Hall–Kier alpha value is -0.860. The van der Waals surface area contributed by atoms with Gasteiger partial charge in [0.25, 0.3) is 0 Å². The van der Waals surface area contributed by atoms with Crippen molar-refractivity contribution in [2.24, 2.45) is 0 Å². The fourth-order valence-corrected chi connectivity index (χ4v) is 1.72. The van der Waals surface area contributed by atoms with Gasteiger partial charge in [0.15, 0.2) is 0 Å². The molecule has 0 bridgehead atoms. The minimum atomic E-state index is 0.347. The van der Waals surface area contributed by atoms with Crippen molar-refractivity contribution in [1.29, 1.82) is 0 Å². The molecular weight excluding hydrogens is 219 g/mol. The summed E-state index contributed by atoms with van der Waals surface area (Å²) < 4.78 is 0. The second-order valence-corrected chi connectivity index (χ2v) is 3.41. The Kier molecular flexibility index (Phi) is 2.85. The smallest absolute Gasteiger partial charge is 0.0890 e. The standard InChI is InChI=1S/C10H8Cl2N2/c11-5-9-10(6-12)14-8-4-2-1-3-7(8)13-9/h1-4H,5-6H2. The molecule has 0 atom stereocenters. The number of alkyl halides is 2. The highest BCUT2D eigenvalue weighted by Gasteiger charge is 2.05. The first-order chi connectivity index (χ1) is 6.85. The molecule has 0 unspecified atom stereocenters. The fourth-order valence-electron chi connectivity index (χ4n) is 1.29. The molecule has 0 saturated carbocycles. The highest BCUT2D eigenvalue weighted by atomic mass is 35.5. The van der Waals surface area contributed by atoms with E-state index in [0.717, 1.165) is 22.4 Å². The summed E-state index contributed by atoms with van der Waals surface area (Å²) in [5.41, 5.74) is 3.25. The van der Waals surface area contributed by atoms with Crippen molar-refractivity contribution in [2.75, 3.05) is 0 Å². The lowest BCUT2D eigenvalue weighted by Crippen LogP contribution is -1.98. The first kappa shape index (κ1) is 9.69. The van der Waals surface area contributed by atoms with E-state index in [2.05, 4.69) is 9.97 Å². The third-order valence-electron chi connectivity index (χ3n) is 1.98. The zero-order valence-corrected chi connectivity index (χ0v) is 8.89. The predicted octanol–water partition coefficient (Wildman–Crippen LogP) is 3.11. The van der Waals surface area contributed by atoms with Crippen molar-refractivity contribution >= 4 is 34.2 Å². The van der Waals surface area contributed by atoms with E-state index in [1.165, 1.54) is 0 Å². The van der Waals surface area contributed by atoms with E-state index >= 15 is 0 Å². The average molecular weight is 227 g/mol. The van der Waals surface area contributed by atoms with Gasteiger partial charge in [-0.2, -0.15) is 0 Å². The number of hydrogen-bond acceptors (Lipinski definition) is 2. The Morgan fingerprint density at radius 1 is 0.857 bits per heavy atom.